The minimum Gasteiger partial charge on any atom is -0.478 e. The fourth-order valence-electron chi connectivity index (χ4n) is 3.84. The van der Waals surface area contributed by atoms with Crippen molar-refractivity contribution in [2.75, 3.05) is 4.31 Å². The number of carbonyl (C=O) groups is 2. The van der Waals surface area contributed by atoms with Crippen molar-refractivity contribution in [1.29, 1.82) is 0 Å². The third-order valence-corrected chi connectivity index (χ3v) is 8.13. The molecule has 2 N–H and O–H groups in total. The zero-order valence-electron chi connectivity index (χ0n) is 20.8. The minimum absolute atomic E-state index is 0.00440. The number of nitrogens with one attached hydrogen (secondary N) is 1. The molecule has 0 aromatic heterocycles. The molecule has 0 atom stereocenters. The van der Waals surface area contributed by atoms with Gasteiger partial charge in [0.2, 0.25) is 0 Å². The number of anilines is 1. The number of halogens is 1. The number of sulfonamides is 1. The van der Waals surface area contributed by atoms with Crippen molar-refractivity contribution in [3.05, 3.63) is 130 Å². The van der Waals surface area contributed by atoms with Crippen LogP contribution in [0.25, 0.3) is 0 Å². The summed E-state index contributed by atoms with van der Waals surface area (Å²) in [5.74, 6) is -1.61. The van der Waals surface area contributed by atoms with E-state index in [1.54, 1.807) is 85.8 Å². The van der Waals surface area contributed by atoms with Gasteiger partial charge in [-0.3, -0.25) is 9.10 Å². The number of amides is 1. The lowest BCUT2D eigenvalue weighted by atomic mass is 10.1. The van der Waals surface area contributed by atoms with Gasteiger partial charge in [0.1, 0.15) is 0 Å². The first-order valence-electron chi connectivity index (χ1n) is 11.8. The first-order valence-corrected chi connectivity index (χ1v) is 13.6. The van der Waals surface area contributed by atoms with E-state index in [0.717, 1.165) is 0 Å². The topological polar surface area (TPSA) is 116 Å². The van der Waals surface area contributed by atoms with Gasteiger partial charge in [-0.25, -0.2) is 18.6 Å². The molecule has 4 aromatic rings. The van der Waals surface area contributed by atoms with E-state index in [0.29, 0.717) is 33.0 Å². The first kappa shape index (κ1) is 27.6. The molecule has 0 unspecified atom stereocenters. The molecule has 0 aliphatic carbocycles. The van der Waals surface area contributed by atoms with Gasteiger partial charge >= 0.3 is 5.97 Å². The number of hydrogen-bond donors (Lipinski definition) is 2. The van der Waals surface area contributed by atoms with E-state index in [4.69, 9.17) is 11.6 Å². The van der Waals surface area contributed by atoms with Crippen molar-refractivity contribution >= 4 is 45.4 Å². The number of carbonyl (C=O) groups excluding carboxylic acids is 1. The predicted octanol–water partition coefficient (Wildman–Crippen LogP) is 5.51. The summed E-state index contributed by atoms with van der Waals surface area (Å²) in [7, 11) is -3.93. The fourth-order valence-corrected chi connectivity index (χ4v) is 5.54. The van der Waals surface area contributed by atoms with E-state index < -0.39 is 21.9 Å². The second-order valence-corrected chi connectivity index (χ2v) is 10.8. The lowest BCUT2D eigenvalue weighted by molar-refractivity contribution is 0.0696. The van der Waals surface area contributed by atoms with Crippen LogP contribution in [0.15, 0.2) is 107 Å². The predicted molar refractivity (Wildman–Crippen MR) is 151 cm³/mol. The summed E-state index contributed by atoms with van der Waals surface area (Å²) in [6.07, 6.45) is 1.26. The Morgan fingerprint density at radius 2 is 1.59 bits per heavy atom. The number of carboxylic acid groups (broad SMARTS) is 1. The summed E-state index contributed by atoms with van der Waals surface area (Å²) in [6.45, 7) is 1.76. The molecule has 8 nitrogen and oxygen atoms in total. The maximum absolute atomic E-state index is 13.6. The molecule has 0 fully saturated rings. The van der Waals surface area contributed by atoms with E-state index in [9.17, 15) is 23.1 Å². The molecule has 0 saturated carbocycles. The van der Waals surface area contributed by atoms with Crippen molar-refractivity contribution in [3.63, 3.8) is 0 Å². The summed E-state index contributed by atoms with van der Waals surface area (Å²) < 4.78 is 28.6. The minimum atomic E-state index is -3.93. The molecule has 10 heteroatoms. The van der Waals surface area contributed by atoms with Gasteiger partial charge < -0.3 is 5.11 Å². The Kier molecular flexibility index (Phi) is 8.43. The van der Waals surface area contributed by atoms with Gasteiger partial charge in [0.05, 0.1) is 28.9 Å². The zero-order chi connectivity index (χ0) is 28.0. The van der Waals surface area contributed by atoms with Gasteiger partial charge in [0, 0.05) is 16.1 Å². The Bertz CT molecular complexity index is 1640. The number of hydrogen-bond acceptors (Lipinski definition) is 5. The molecular weight excluding hydrogens is 538 g/mol. The van der Waals surface area contributed by atoms with Gasteiger partial charge in [-0.15, -0.1) is 0 Å². The van der Waals surface area contributed by atoms with Crippen molar-refractivity contribution < 1.29 is 23.1 Å². The van der Waals surface area contributed by atoms with Crippen molar-refractivity contribution in [3.8, 4) is 0 Å². The Morgan fingerprint density at radius 1 is 0.923 bits per heavy atom. The molecule has 0 aliphatic rings. The average Bonchev–Trinajstić information content (AvgIpc) is 2.94. The molecule has 0 radical (unpaired) electrons. The third-order valence-electron chi connectivity index (χ3n) is 5.94. The van der Waals surface area contributed by atoms with Crippen LogP contribution in [0, 0.1) is 6.92 Å². The monoisotopic (exact) mass is 561 g/mol. The van der Waals surface area contributed by atoms with Gasteiger partial charge in [-0.05, 0) is 60.5 Å². The van der Waals surface area contributed by atoms with E-state index in [1.165, 1.54) is 28.7 Å². The Labute approximate surface area is 231 Å². The Hall–Kier alpha value is -4.47. The zero-order valence-corrected chi connectivity index (χ0v) is 22.4. The summed E-state index contributed by atoms with van der Waals surface area (Å²) in [4.78, 5) is 24.0. The van der Waals surface area contributed by atoms with Crippen LogP contribution in [-0.2, 0) is 16.6 Å². The number of rotatable bonds is 9. The molecule has 0 saturated heterocycles. The van der Waals surface area contributed by atoms with E-state index in [1.807, 2.05) is 0 Å². The van der Waals surface area contributed by atoms with Gasteiger partial charge in [0.25, 0.3) is 15.9 Å². The van der Waals surface area contributed by atoms with Crippen LogP contribution in [0.1, 0.15) is 37.4 Å². The highest BCUT2D eigenvalue weighted by Gasteiger charge is 2.27. The summed E-state index contributed by atoms with van der Waals surface area (Å²) in [6, 6.07) is 25.9. The number of benzene rings is 4. The summed E-state index contributed by atoms with van der Waals surface area (Å²) >= 11 is 6.31. The van der Waals surface area contributed by atoms with Gasteiger partial charge in [-0.2, -0.15) is 5.10 Å². The molecule has 1 amide bonds. The maximum Gasteiger partial charge on any atom is 0.336 e. The highest BCUT2D eigenvalue weighted by molar-refractivity contribution is 7.92. The fraction of sp³-hybridized carbons (Fsp3) is 0.0690. The van der Waals surface area contributed by atoms with E-state index in [2.05, 4.69) is 10.5 Å². The molecular formula is C29H24ClN3O5S. The number of nitrogens with zero attached hydrogens (tertiary/aromatic N) is 2. The van der Waals surface area contributed by atoms with Crippen LogP contribution < -0.4 is 9.73 Å². The number of aromatic carboxylic acids is 1. The SMILES string of the molecule is Cc1c(Cl)cccc1N(Cc1ccc(C(=O)N/N=C\c2ccccc2C(=O)O)cc1)S(=O)(=O)c1ccccc1. The largest absolute Gasteiger partial charge is 0.478 e. The molecule has 4 rings (SSSR count). The molecule has 198 valence electrons. The first-order chi connectivity index (χ1) is 18.7. The van der Waals surface area contributed by atoms with Crippen LogP contribution in [0.2, 0.25) is 5.02 Å². The molecule has 0 bridgehead atoms. The molecule has 0 heterocycles. The standard InChI is InChI=1S/C29H24ClN3O5S/c1-20-26(30)12-7-13-27(20)33(39(37,38)24-9-3-2-4-10-24)19-21-14-16-22(17-15-21)28(34)32-31-18-23-8-5-6-11-25(23)29(35)36/h2-18H,19H2,1H3,(H,32,34)(H,35,36)/b31-18-. The van der Waals surface area contributed by atoms with Crippen LogP contribution in [0.4, 0.5) is 5.69 Å². The quantitative estimate of drug-likeness (QED) is 0.206. The van der Waals surface area contributed by atoms with E-state index >= 15 is 0 Å². The van der Waals surface area contributed by atoms with Crippen molar-refractivity contribution in [2.24, 2.45) is 5.10 Å². The molecule has 4 aromatic carbocycles. The van der Waals surface area contributed by atoms with Crippen LogP contribution >= 0.6 is 11.6 Å². The lowest BCUT2D eigenvalue weighted by Crippen LogP contribution is -2.31. The summed E-state index contributed by atoms with van der Waals surface area (Å²) in [5.41, 5.74) is 4.78. The molecule has 39 heavy (non-hydrogen) atoms. The van der Waals surface area contributed by atoms with Crippen LogP contribution in [-0.4, -0.2) is 31.6 Å². The number of carboxylic acids is 1. The normalized spacial score (nSPS) is 11.3. The van der Waals surface area contributed by atoms with Crippen molar-refractivity contribution in [1.82, 2.24) is 5.43 Å². The Balaban J connectivity index is 1.55. The van der Waals surface area contributed by atoms with Crippen molar-refractivity contribution in [2.45, 2.75) is 18.4 Å². The Morgan fingerprint density at radius 3 is 2.28 bits per heavy atom. The highest BCUT2D eigenvalue weighted by Crippen LogP contribution is 2.32. The molecule has 0 spiro atoms. The van der Waals surface area contributed by atoms with Crippen LogP contribution in [0.3, 0.4) is 0 Å². The van der Waals surface area contributed by atoms with Crippen LogP contribution in [0.5, 0.6) is 0 Å². The third kappa shape index (κ3) is 6.34. The van der Waals surface area contributed by atoms with Gasteiger partial charge in [-0.1, -0.05) is 66.2 Å². The van der Waals surface area contributed by atoms with E-state index in [-0.39, 0.29) is 17.0 Å². The lowest BCUT2D eigenvalue weighted by Gasteiger charge is -2.26. The molecule has 0 aliphatic heterocycles. The summed E-state index contributed by atoms with van der Waals surface area (Å²) in [5, 5.41) is 13.6. The number of hydrazone groups is 1. The smallest absolute Gasteiger partial charge is 0.336 e. The average molecular weight is 562 g/mol. The second-order valence-electron chi connectivity index (χ2n) is 8.50. The highest BCUT2D eigenvalue weighted by atomic mass is 35.5. The van der Waals surface area contributed by atoms with Gasteiger partial charge in [0.15, 0.2) is 0 Å². The second kappa shape index (κ2) is 11.9. The maximum atomic E-state index is 13.6.